The molecule has 6 nitrogen and oxygen atoms in total. The van der Waals surface area contributed by atoms with Gasteiger partial charge in [0, 0.05) is 50.7 Å². The molecule has 1 fully saturated rings. The molecule has 6 heteroatoms. The first-order chi connectivity index (χ1) is 14.1. The smallest absolute Gasteiger partial charge is 0.219 e. The molecule has 0 atom stereocenters. The summed E-state index contributed by atoms with van der Waals surface area (Å²) in [6.45, 7) is 8.89. The summed E-state index contributed by atoms with van der Waals surface area (Å²) in [4.78, 5) is 25.5. The summed E-state index contributed by atoms with van der Waals surface area (Å²) in [5, 5.41) is 0. The number of ether oxygens (including phenoxy) is 1. The van der Waals surface area contributed by atoms with Crippen LogP contribution in [0.25, 0.3) is 0 Å². The van der Waals surface area contributed by atoms with Crippen LogP contribution in [-0.4, -0.2) is 58.5 Å². The highest BCUT2D eigenvalue weighted by molar-refractivity contribution is 5.73. The SMILES string of the molecule is CC(=O)N1CCc2nc(C3CCN(CCOc4cccc(C)c4)CC3)ncc2C1. The highest BCUT2D eigenvalue weighted by Crippen LogP contribution is 2.27. The summed E-state index contributed by atoms with van der Waals surface area (Å²) in [5.41, 5.74) is 3.45. The van der Waals surface area contributed by atoms with Gasteiger partial charge in [0.25, 0.3) is 0 Å². The monoisotopic (exact) mass is 394 g/mol. The van der Waals surface area contributed by atoms with Gasteiger partial charge in [-0.2, -0.15) is 0 Å². The number of carbonyl (C=O) groups is 1. The van der Waals surface area contributed by atoms with Crippen molar-refractivity contribution in [1.82, 2.24) is 19.8 Å². The third-order valence-electron chi connectivity index (χ3n) is 6.02. The van der Waals surface area contributed by atoms with Crippen LogP contribution in [0.15, 0.2) is 30.5 Å². The number of nitrogens with zero attached hydrogens (tertiary/aromatic N) is 4. The molecule has 0 spiro atoms. The van der Waals surface area contributed by atoms with Crippen LogP contribution in [0, 0.1) is 6.92 Å². The minimum Gasteiger partial charge on any atom is -0.492 e. The Bertz CT molecular complexity index is 862. The number of piperidine rings is 1. The average Bonchev–Trinajstić information content (AvgIpc) is 2.73. The van der Waals surface area contributed by atoms with Gasteiger partial charge in [-0.05, 0) is 50.6 Å². The molecule has 0 aliphatic carbocycles. The summed E-state index contributed by atoms with van der Waals surface area (Å²) in [6, 6.07) is 8.21. The van der Waals surface area contributed by atoms with E-state index in [1.165, 1.54) is 5.56 Å². The van der Waals surface area contributed by atoms with E-state index in [1.54, 1.807) is 6.92 Å². The van der Waals surface area contributed by atoms with E-state index < -0.39 is 0 Å². The number of fused-ring (bicyclic) bond motifs is 1. The molecular weight excluding hydrogens is 364 g/mol. The molecule has 29 heavy (non-hydrogen) atoms. The zero-order valence-electron chi connectivity index (χ0n) is 17.4. The summed E-state index contributed by atoms with van der Waals surface area (Å²) >= 11 is 0. The van der Waals surface area contributed by atoms with Crippen LogP contribution in [0.5, 0.6) is 5.75 Å². The Morgan fingerprint density at radius 3 is 2.83 bits per heavy atom. The van der Waals surface area contributed by atoms with Gasteiger partial charge in [0.2, 0.25) is 5.91 Å². The highest BCUT2D eigenvalue weighted by atomic mass is 16.5. The molecule has 2 aliphatic heterocycles. The first kappa shape index (κ1) is 19.8. The van der Waals surface area contributed by atoms with Gasteiger partial charge in [-0.15, -0.1) is 0 Å². The molecule has 154 valence electrons. The molecular formula is C23H30N4O2. The minimum absolute atomic E-state index is 0.124. The van der Waals surface area contributed by atoms with Crippen LogP contribution >= 0.6 is 0 Å². The summed E-state index contributed by atoms with van der Waals surface area (Å²) in [7, 11) is 0. The van der Waals surface area contributed by atoms with Crippen molar-refractivity contribution < 1.29 is 9.53 Å². The largest absolute Gasteiger partial charge is 0.492 e. The Kier molecular flexibility index (Phi) is 6.09. The lowest BCUT2D eigenvalue weighted by Crippen LogP contribution is -2.37. The van der Waals surface area contributed by atoms with Gasteiger partial charge < -0.3 is 9.64 Å². The average molecular weight is 395 g/mol. The molecule has 1 amide bonds. The maximum absolute atomic E-state index is 11.6. The molecule has 0 N–H and O–H groups in total. The predicted octanol–water partition coefficient (Wildman–Crippen LogP) is 2.95. The van der Waals surface area contributed by atoms with Crippen molar-refractivity contribution in [3.63, 3.8) is 0 Å². The van der Waals surface area contributed by atoms with E-state index in [4.69, 9.17) is 9.72 Å². The first-order valence-electron chi connectivity index (χ1n) is 10.6. The Morgan fingerprint density at radius 1 is 1.24 bits per heavy atom. The third-order valence-corrected chi connectivity index (χ3v) is 6.02. The van der Waals surface area contributed by atoms with E-state index in [0.717, 1.165) is 74.9 Å². The molecule has 1 aromatic heterocycles. The second-order valence-corrected chi connectivity index (χ2v) is 8.17. The van der Waals surface area contributed by atoms with Crippen molar-refractivity contribution in [1.29, 1.82) is 0 Å². The number of hydrogen-bond donors (Lipinski definition) is 0. The third kappa shape index (κ3) is 4.93. The molecule has 0 bridgehead atoms. The maximum Gasteiger partial charge on any atom is 0.219 e. The number of amides is 1. The highest BCUT2D eigenvalue weighted by Gasteiger charge is 2.25. The number of benzene rings is 1. The maximum atomic E-state index is 11.6. The van der Waals surface area contributed by atoms with Gasteiger partial charge in [0.1, 0.15) is 18.2 Å². The number of aryl methyl sites for hydroxylation is 1. The van der Waals surface area contributed by atoms with Crippen molar-refractivity contribution in [2.75, 3.05) is 32.8 Å². The van der Waals surface area contributed by atoms with E-state index in [1.807, 2.05) is 23.2 Å². The standard InChI is InChI=1S/C23H30N4O2/c1-17-4-3-5-21(14-17)29-13-12-26-9-6-19(7-10-26)23-24-15-20-16-27(18(2)28)11-8-22(20)25-23/h3-5,14-15,19H,6-13,16H2,1-2H3. The molecule has 0 unspecified atom stereocenters. The Labute approximate surface area is 172 Å². The fourth-order valence-electron chi connectivity index (χ4n) is 4.21. The van der Waals surface area contributed by atoms with Crippen LogP contribution in [0.4, 0.5) is 0 Å². The minimum atomic E-state index is 0.124. The van der Waals surface area contributed by atoms with Gasteiger partial charge in [-0.25, -0.2) is 9.97 Å². The summed E-state index contributed by atoms with van der Waals surface area (Å²) in [6.07, 6.45) is 4.94. The number of aromatic nitrogens is 2. The molecule has 1 saturated heterocycles. The summed E-state index contributed by atoms with van der Waals surface area (Å²) < 4.78 is 5.89. The molecule has 2 aliphatic rings. The van der Waals surface area contributed by atoms with Gasteiger partial charge in [-0.3, -0.25) is 9.69 Å². The van der Waals surface area contributed by atoms with Crippen molar-refractivity contribution in [2.45, 2.75) is 45.6 Å². The number of rotatable bonds is 5. The lowest BCUT2D eigenvalue weighted by molar-refractivity contribution is -0.129. The molecule has 0 saturated carbocycles. The van der Waals surface area contributed by atoms with Crippen LogP contribution in [0.2, 0.25) is 0 Å². The number of hydrogen-bond acceptors (Lipinski definition) is 5. The normalized spacial score (nSPS) is 17.8. The van der Waals surface area contributed by atoms with Crippen LogP contribution in [-0.2, 0) is 17.8 Å². The van der Waals surface area contributed by atoms with E-state index in [-0.39, 0.29) is 5.91 Å². The van der Waals surface area contributed by atoms with Crippen LogP contribution in [0.3, 0.4) is 0 Å². The van der Waals surface area contributed by atoms with Gasteiger partial charge in [0.05, 0.1) is 5.69 Å². The molecule has 3 heterocycles. The van der Waals surface area contributed by atoms with Gasteiger partial charge >= 0.3 is 0 Å². The number of carbonyl (C=O) groups excluding carboxylic acids is 1. The second-order valence-electron chi connectivity index (χ2n) is 8.17. The van der Waals surface area contributed by atoms with Crippen LogP contribution in [0.1, 0.15) is 48.3 Å². The van der Waals surface area contributed by atoms with Crippen molar-refractivity contribution in [3.8, 4) is 5.75 Å². The van der Waals surface area contributed by atoms with E-state index in [0.29, 0.717) is 12.5 Å². The zero-order valence-corrected chi connectivity index (χ0v) is 17.4. The quantitative estimate of drug-likeness (QED) is 0.780. The lowest BCUT2D eigenvalue weighted by Gasteiger charge is -2.32. The zero-order chi connectivity index (χ0) is 20.2. The topological polar surface area (TPSA) is 58.6 Å². The van der Waals surface area contributed by atoms with E-state index in [2.05, 4.69) is 28.9 Å². The Balaban J connectivity index is 1.26. The number of likely N-dealkylation sites (tertiary alicyclic amines) is 1. The molecule has 0 radical (unpaired) electrons. The lowest BCUT2D eigenvalue weighted by atomic mass is 9.95. The fourth-order valence-corrected chi connectivity index (χ4v) is 4.21. The molecule has 1 aromatic carbocycles. The fraction of sp³-hybridized carbons (Fsp3) is 0.522. The van der Waals surface area contributed by atoms with Crippen molar-refractivity contribution in [3.05, 3.63) is 53.1 Å². The second kappa shape index (κ2) is 8.91. The Morgan fingerprint density at radius 2 is 2.07 bits per heavy atom. The van der Waals surface area contributed by atoms with Crippen molar-refractivity contribution >= 4 is 5.91 Å². The van der Waals surface area contributed by atoms with Crippen molar-refractivity contribution in [2.24, 2.45) is 0 Å². The first-order valence-corrected chi connectivity index (χ1v) is 10.6. The molecule has 2 aromatic rings. The van der Waals surface area contributed by atoms with Gasteiger partial charge in [0.15, 0.2) is 0 Å². The molecule has 4 rings (SSSR count). The van der Waals surface area contributed by atoms with E-state index >= 15 is 0 Å². The predicted molar refractivity (Wildman–Crippen MR) is 112 cm³/mol. The van der Waals surface area contributed by atoms with Gasteiger partial charge in [-0.1, -0.05) is 12.1 Å². The van der Waals surface area contributed by atoms with Crippen LogP contribution < -0.4 is 4.74 Å². The summed E-state index contributed by atoms with van der Waals surface area (Å²) in [5.74, 6) is 2.49. The van der Waals surface area contributed by atoms with E-state index in [9.17, 15) is 4.79 Å². The Hall–Kier alpha value is -2.47.